The summed E-state index contributed by atoms with van der Waals surface area (Å²) in [6.07, 6.45) is 0. The average molecular weight is 272 g/mol. The highest BCUT2D eigenvalue weighted by atomic mass is 15.2. The molecule has 0 aliphatic heterocycles. The van der Waals surface area contributed by atoms with Crippen LogP contribution in [0.15, 0.2) is 24.3 Å². The van der Waals surface area contributed by atoms with Gasteiger partial charge in [-0.15, -0.1) is 0 Å². The number of hydrogen-bond acceptors (Lipinski definition) is 4. The number of nitrogens with zero attached hydrogens (tertiary/aromatic N) is 3. The Kier molecular flexibility index (Phi) is 4.23. The van der Waals surface area contributed by atoms with E-state index in [4.69, 9.17) is 4.98 Å². The fourth-order valence-electron chi connectivity index (χ4n) is 2.14. The Morgan fingerprint density at radius 1 is 1.10 bits per heavy atom. The largest absolute Gasteiger partial charge is 0.357 e. The molecule has 108 valence electrons. The highest BCUT2D eigenvalue weighted by molar-refractivity contribution is 5.76. The van der Waals surface area contributed by atoms with Crippen molar-refractivity contribution in [1.29, 1.82) is 0 Å². The van der Waals surface area contributed by atoms with Gasteiger partial charge in [-0.1, -0.05) is 12.1 Å². The number of fused-ring (bicyclic) bond motifs is 1. The molecule has 0 aliphatic rings. The molecule has 0 atom stereocenters. The summed E-state index contributed by atoms with van der Waals surface area (Å²) in [5.41, 5.74) is 3.02. The van der Waals surface area contributed by atoms with E-state index in [1.807, 2.05) is 31.2 Å². The highest BCUT2D eigenvalue weighted by Crippen LogP contribution is 2.18. The van der Waals surface area contributed by atoms with Crippen LogP contribution >= 0.6 is 0 Å². The van der Waals surface area contributed by atoms with Gasteiger partial charge in [0.15, 0.2) is 5.82 Å². The topological polar surface area (TPSA) is 41.1 Å². The van der Waals surface area contributed by atoms with E-state index >= 15 is 0 Å². The summed E-state index contributed by atoms with van der Waals surface area (Å²) in [4.78, 5) is 11.5. The van der Waals surface area contributed by atoms with Gasteiger partial charge in [0.25, 0.3) is 0 Å². The minimum atomic E-state index is 0.144. The van der Waals surface area contributed by atoms with Gasteiger partial charge >= 0.3 is 0 Å². The molecule has 4 heteroatoms. The van der Waals surface area contributed by atoms with Gasteiger partial charge in [0.05, 0.1) is 16.7 Å². The molecule has 0 spiro atoms. The minimum absolute atomic E-state index is 0.144. The lowest BCUT2D eigenvalue weighted by atomic mass is 10.1. The number of aryl methyl sites for hydroxylation is 1. The molecule has 0 radical (unpaired) electrons. The van der Waals surface area contributed by atoms with Gasteiger partial charge < -0.3 is 10.2 Å². The van der Waals surface area contributed by atoms with Gasteiger partial charge in [0, 0.05) is 25.7 Å². The van der Waals surface area contributed by atoms with Crippen LogP contribution in [0.1, 0.15) is 26.5 Å². The van der Waals surface area contributed by atoms with Gasteiger partial charge in [0.1, 0.15) is 0 Å². The van der Waals surface area contributed by atoms with Crippen molar-refractivity contribution in [1.82, 2.24) is 15.3 Å². The number of hydrogen-bond donors (Lipinski definition) is 1. The van der Waals surface area contributed by atoms with Gasteiger partial charge in [-0.3, -0.25) is 0 Å². The van der Waals surface area contributed by atoms with Crippen molar-refractivity contribution in [3.63, 3.8) is 0 Å². The van der Waals surface area contributed by atoms with E-state index < -0.39 is 0 Å². The van der Waals surface area contributed by atoms with Crippen molar-refractivity contribution in [2.75, 3.05) is 25.0 Å². The predicted octanol–water partition coefficient (Wildman–Crippen LogP) is 2.76. The molecule has 2 aromatic rings. The maximum Gasteiger partial charge on any atom is 0.150 e. The smallest absolute Gasteiger partial charge is 0.150 e. The zero-order valence-corrected chi connectivity index (χ0v) is 13.1. The fraction of sp³-hybridized carbons (Fsp3) is 0.500. The Hall–Kier alpha value is -1.68. The van der Waals surface area contributed by atoms with Crippen molar-refractivity contribution < 1.29 is 0 Å². The number of rotatable bonds is 4. The lowest BCUT2D eigenvalue weighted by Gasteiger charge is -2.25. The molecule has 20 heavy (non-hydrogen) atoms. The predicted molar refractivity (Wildman–Crippen MR) is 85.3 cm³/mol. The Labute approximate surface area is 121 Å². The standard InChI is InChI=1S/C16H24N4/c1-12-15(20(5)11-10-17-16(2,3)4)19-14-9-7-6-8-13(14)18-12/h6-9,17H,10-11H2,1-5H3. The van der Waals surface area contributed by atoms with E-state index in [1.165, 1.54) is 0 Å². The van der Waals surface area contributed by atoms with Crippen molar-refractivity contribution in [2.24, 2.45) is 0 Å². The number of likely N-dealkylation sites (N-methyl/N-ethyl adjacent to an activating group) is 1. The van der Waals surface area contributed by atoms with Crippen LogP contribution in [0.5, 0.6) is 0 Å². The molecule has 1 heterocycles. The molecule has 0 saturated heterocycles. The third-order valence-corrected chi connectivity index (χ3v) is 3.18. The van der Waals surface area contributed by atoms with Crippen molar-refractivity contribution in [3.05, 3.63) is 30.0 Å². The second-order valence-electron chi connectivity index (χ2n) is 6.22. The Morgan fingerprint density at radius 3 is 2.30 bits per heavy atom. The minimum Gasteiger partial charge on any atom is -0.357 e. The van der Waals surface area contributed by atoms with E-state index in [2.05, 4.69) is 43.0 Å². The maximum absolute atomic E-state index is 4.73. The number of para-hydroxylation sites is 2. The molecule has 4 nitrogen and oxygen atoms in total. The van der Waals surface area contributed by atoms with Gasteiger partial charge in [-0.25, -0.2) is 9.97 Å². The van der Waals surface area contributed by atoms with Crippen LogP contribution in [0.4, 0.5) is 5.82 Å². The molecule has 0 saturated carbocycles. The van der Waals surface area contributed by atoms with Crippen molar-refractivity contribution in [2.45, 2.75) is 33.2 Å². The van der Waals surface area contributed by atoms with Crippen LogP contribution in [0.3, 0.4) is 0 Å². The van der Waals surface area contributed by atoms with Crippen LogP contribution in [0.25, 0.3) is 11.0 Å². The molecular formula is C16H24N4. The Morgan fingerprint density at radius 2 is 1.70 bits per heavy atom. The second kappa shape index (κ2) is 5.75. The van der Waals surface area contributed by atoms with Crippen LogP contribution in [-0.2, 0) is 0 Å². The van der Waals surface area contributed by atoms with Crippen LogP contribution < -0.4 is 10.2 Å². The molecule has 0 unspecified atom stereocenters. The van der Waals surface area contributed by atoms with Crippen LogP contribution in [0, 0.1) is 6.92 Å². The second-order valence-corrected chi connectivity index (χ2v) is 6.22. The molecule has 2 rings (SSSR count). The van der Waals surface area contributed by atoms with Crippen molar-refractivity contribution in [3.8, 4) is 0 Å². The molecule has 0 bridgehead atoms. The van der Waals surface area contributed by atoms with Gasteiger partial charge in [-0.05, 0) is 39.8 Å². The lowest BCUT2D eigenvalue weighted by molar-refractivity contribution is 0.430. The Balaban J connectivity index is 2.13. The average Bonchev–Trinajstić information content (AvgIpc) is 2.36. The zero-order valence-electron chi connectivity index (χ0n) is 13.1. The number of aromatic nitrogens is 2. The summed E-state index contributed by atoms with van der Waals surface area (Å²) in [6.45, 7) is 10.4. The third-order valence-electron chi connectivity index (χ3n) is 3.18. The van der Waals surface area contributed by atoms with E-state index in [0.29, 0.717) is 0 Å². The lowest BCUT2D eigenvalue weighted by Crippen LogP contribution is -2.40. The van der Waals surface area contributed by atoms with E-state index in [9.17, 15) is 0 Å². The fourth-order valence-corrected chi connectivity index (χ4v) is 2.14. The zero-order chi connectivity index (χ0) is 14.8. The number of anilines is 1. The van der Waals surface area contributed by atoms with E-state index in [1.54, 1.807) is 0 Å². The third kappa shape index (κ3) is 3.67. The molecular weight excluding hydrogens is 248 g/mol. The number of nitrogens with one attached hydrogen (secondary N) is 1. The van der Waals surface area contributed by atoms with Gasteiger partial charge in [-0.2, -0.15) is 0 Å². The highest BCUT2D eigenvalue weighted by Gasteiger charge is 2.12. The first-order valence-corrected chi connectivity index (χ1v) is 7.06. The normalized spacial score (nSPS) is 11.8. The summed E-state index contributed by atoms with van der Waals surface area (Å²) < 4.78 is 0. The molecule has 0 aliphatic carbocycles. The molecule has 1 aromatic carbocycles. The quantitative estimate of drug-likeness (QED) is 0.929. The van der Waals surface area contributed by atoms with Crippen LogP contribution in [-0.4, -0.2) is 35.6 Å². The van der Waals surface area contributed by atoms with Crippen LogP contribution in [0.2, 0.25) is 0 Å². The van der Waals surface area contributed by atoms with Crippen molar-refractivity contribution >= 4 is 16.9 Å². The first kappa shape index (κ1) is 14.7. The molecule has 0 amide bonds. The summed E-state index contributed by atoms with van der Waals surface area (Å²) in [5, 5.41) is 3.49. The summed E-state index contributed by atoms with van der Waals surface area (Å²) in [5.74, 6) is 0.958. The SMILES string of the molecule is Cc1nc2ccccc2nc1N(C)CCNC(C)(C)C. The van der Waals surface area contributed by atoms with E-state index in [-0.39, 0.29) is 5.54 Å². The number of benzene rings is 1. The monoisotopic (exact) mass is 272 g/mol. The van der Waals surface area contributed by atoms with E-state index in [0.717, 1.165) is 35.6 Å². The Bertz CT molecular complexity index is 587. The summed E-state index contributed by atoms with van der Waals surface area (Å²) in [7, 11) is 2.07. The maximum atomic E-state index is 4.73. The first-order valence-electron chi connectivity index (χ1n) is 7.06. The summed E-state index contributed by atoms with van der Waals surface area (Å²) >= 11 is 0. The molecule has 1 N–H and O–H groups in total. The molecule has 1 aromatic heterocycles. The molecule has 0 fully saturated rings. The first-order chi connectivity index (χ1) is 9.37. The summed E-state index contributed by atoms with van der Waals surface area (Å²) in [6, 6.07) is 8.00. The van der Waals surface area contributed by atoms with Gasteiger partial charge in [0.2, 0.25) is 0 Å².